The fraction of sp³-hybridized carbons (Fsp3) is 0.636. The first-order chi connectivity index (χ1) is 8.18. The molecule has 0 unspecified atom stereocenters. The molecule has 2 N–H and O–H groups in total. The zero-order valence-electron chi connectivity index (χ0n) is 10.8. The number of hydrogen-bond donors (Lipinski definition) is 2. The zero-order valence-corrected chi connectivity index (χ0v) is 10.8. The van der Waals surface area contributed by atoms with Crippen molar-refractivity contribution in [3.05, 3.63) is 11.8 Å². The maximum atomic E-state index is 12.7. The first kappa shape index (κ1) is 14.5. The number of alkyl halides is 3. The van der Waals surface area contributed by atoms with E-state index in [1.807, 2.05) is 13.8 Å². The molecule has 0 atom stereocenters. The van der Waals surface area contributed by atoms with Gasteiger partial charge in [0.15, 0.2) is 5.69 Å². The van der Waals surface area contributed by atoms with Gasteiger partial charge in [0.25, 0.3) is 0 Å². The third kappa shape index (κ3) is 4.38. The van der Waals surface area contributed by atoms with Crippen LogP contribution in [0.15, 0.2) is 6.07 Å². The predicted octanol–water partition coefficient (Wildman–Crippen LogP) is 3.14. The van der Waals surface area contributed by atoms with Crippen LogP contribution in [0, 0.1) is 0 Å². The lowest BCUT2D eigenvalue weighted by Gasteiger charge is -2.15. The lowest BCUT2D eigenvalue weighted by atomic mass is 10.3. The van der Waals surface area contributed by atoms with Gasteiger partial charge in [-0.3, -0.25) is 0 Å². The van der Waals surface area contributed by atoms with Crippen molar-refractivity contribution in [2.24, 2.45) is 0 Å². The molecule has 7 heteroatoms. The van der Waals surface area contributed by atoms with Gasteiger partial charge in [0.05, 0.1) is 0 Å². The van der Waals surface area contributed by atoms with Crippen LogP contribution in [0.4, 0.5) is 24.9 Å². The minimum atomic E-state index is -4.48. The molecule has 0 saturated heterocycles. The van der Waals surface area contributed by atoms with E-state index in [9.17, 15) is 13.2 Å². The van der Waals surface area contributed by atoms with Crippen molar-refractivity contribution in [3.63, 3.8) is 0 Å². The highest BCUT2D eigenvalue weighted by atomic mass is 19.4. The third-order valence-electron chi connectivity index (χ3n) is 1.87. The van der Waals surface area contributed by atoms with Gasteiger partial charge in [-0.2, -0.15) is 18.2 Å². The second-order valence-electron chi connectivity index (χ2n) is 4.56. The average molecular weight is 262 g/mol. The summed E-state index contributed by atoms with van der Waals surface area (Å²) >= 11 is 0. The molecule has 0 amide bonds. The van der Waals surface area contributed by atoms with Gasteiger partial charge in [0.1, 0.15) is 5.82 Å². The second kappa shape index (κ2) is 5.41. The minimum Gasteiger partial charge on any atom is -0.368 e. The van der Waals surface area contributed by atoms with Gasteiger partial charge in [0.2, 0.25) is 5.95 Å². The Labute approximate surface area is 104 Å². The Bertz CT molecular complexity index is 374. The molecule has 0 fully saturated rings. The fourth-order valence-electron chi connectivity index (χ4n) is 1.28. The maximum Gasteiger partial charge on any atom is 0.433 e. The largest absolute Gasteiger partial charge is 0.433 e. The number of anilines is 2. The van der Waals surface area contributed by atoms with Crippen molar-refractivity contribution in [3.8, 4) is 0 Å². The predicted molar refractivity (Wildman–Crippen MR) is 64.6 cm³/mol. The van der Waals surface area contributed by atoms with Gasteiger partial charge in [0, 0.05) is 18.2 Å². The molecule has 0 bridgehead atoms. The van der Waals surface area contributed by atoms with Crippen LogP contribution in [0.1, 0.15) is 33.4 Å². The monoisotopic (exact) mass is 262 g/mol. The Balaban J connectivity index is 3.11. The Morgan fingerprint density at radius 2 is 1.56 bits per heavy atom. The maximum absolute atomic E-state index is 12.7. The van der Waals surface area contributed by atoms with Gasteiger partial charge in [-0.1, -0.05) is 0 Å². The molecular weight excluding hydrogens is 245 g/mol. The van der Waals surface area contributed by atoms with Crippen molar-refractivity contribution in [2.75, 3.05) is 10.6 Å². The summed E-state index contributed by atoms with van der Waals surface area (Å²) in [5.41, 5.74) is -0.955. The van der Waals surface area contributed by atoms with Gasteiger partial charge in [-0.15, -0.1) is 0 Å². The normalized spacial score (nSPS) is 12.1. The van der Waals surface area contributed by atoms with E-state index >= 15 is 0 Å². The van der Waals surface area contributed by atoms with E-state index in [0.29, 0.717) is 0 Å². The highest BCUT2D eigenvalue weighted by molar-refractivity contribution is 5.43. The highest BCUT2D eigenvalue weighted by Gasteiger charge is 2.33. The Kier molecular flexibility index (Phi) is 4.37. The average Bonchev–Trinajstić information content (AvgIpc) is 2.13. The molecule has 102 valence electrons. The highest BCUT2D eigenvalue weighted by Crippen LogP contribution is 2.29. The van der Waals surface area contributed by atoms with Crippen molar-refractivity contribution in [1.82, 2.24) is 9.97 Å². The molecule has 4 nitrogen and oxygen atoms in total. The first-order valence-electron chi connectivity index (χ1n) is 5.68. The van der Waals surface area contributed by atoms with E-state index < -0.39 is 11.9 Å². The summed E-state index contributed by atoms with van der Waals surface area (Å²) in [5, 5.41) is 5.61. The molecule has 1 aromatic rings. The number of rotatable bonds is 4. The summed E-state index contributed by atoms with van der Waals surface area (Å²) < 4.78 is 38.0. The summed E-state index contributed by atoms with van der Waals surface area (Å²) in [5.74, 6) is 0.137. The number of aromatic nitrogens is 2. The summed E-state index contributed by atoms with van der Waals surface area (Å²) in [6.45, 7) is 7.26. The molecular formula is C11H17F3N4. The van der Waals surface area contributed by atoms with Crippen LogP contribution >= 0.6 is 0 Å². The number of hydrogen-bond acceptors (Lipinski definition) is 4. The number of nitrogens with one attached hydrogen (secondary N) is 2. The molecule has 0 saturated carbocycles. The smallest absolute Gasteiger partial charge is 0.368 e. The van der Waals surface area contributed by atoms with Gasteiger partial charge in [-0.05, 0) is 27.7 Å². The van der Waals surface area contributed by atoms with Crippen molar-refractivity contribution in [1.29, 1.82) is 0 Å². The van der Waals surface area contributed by atoms with E-state index in [0.717, 1.165) is 6.07 Å². The molecule has 0 aliphatic rings. The lowest BCUT2D eigenvalue weighted by Crippen LogP contribution is -2.19. The molecule has 0 aliphatic heterocycles. The molecule has 0 aliphatic carbocycles. The quantitative estimate of drug-likeness (QED) is 0.875. The second-order valence-corrected chi connectivity index (χ2v) is 4.56. The van der Waals surface area contributed by atoms with E-state index in [1.54, 1.807) is 13.8 Å². The molecule has 0 spiro atoms. The summed E-state index contributed by atoms with van der Waals surface area (Å²) in [6, 6.07) is 0.860. The van der Waals surface area contributed by atoms with Gasteiger partial charge < -0.3 is 10.6 Å². The van der Waals surface area contributed by atoms with Crippen LogP contribution < -0.4 is 10.6 Å². The topological polar surface area (TPSA) is 49.8 Å². The summed E-state index contributed by atoms with van der Waals surface area (Å²) in [4.78, 5) is 7.46. The summed E-state index contributed by atoms with van der Waals surface area (Å²) in [6.07, 6.45) is -4.48. The number of halogens is 3. The van der Waals surface area contributed by atoms with Crippen LogP contribution in [0.2, 0.25) is 0 Å². The van der Waals surface area contributed by atoms with E-state index in [4.69, 9.17) is 0 Å². The molecule has 0 radical (unpaired) electrons. The van der Waals surface area contributed by atoms with Crippen molar-refractivity contribution < 1.29 is 13.2 Å². The Morgan fingerprint density at radius 1 is 1.00 bits per heavy atom. The molecule has 1 aromatic heterocycles. The fourth-order valence-corrected chi connectivity index (χ4v) is 1.28. The van der Waals surface area contributed by atoms with Crippen LogP contribution in [0.25, 0.3) is 0 Å². The third-order valence-corrected chi connectivity index (χ3v) is 1.87. The van der Waals surface area contributed by atoms with Crippen molar-refractivity contribution >= 4 is 11.8 Å². The molecule has 0 aromatic carbocycles. The van der Waals surface area contributed by atoms with Gasteiger partial charge in [-0.25, -0.2) is 4.98 Å². The first-order valence-corrected chi connectivity index (χ1v) is 5.68. The zero-order chi connectivity index (χ0) is 13.9. The molecule has 1 heterocycles. The van der Waals surface area contributed by atoms with Crippen LogP contribution in [0.3, 0.4) is 0 Å². The van der Waals surface area contributed by atoms with Crippen LogP contribution in [0.5, 0.6) is 0 Å². The van der Waals surface area contributed by atoms with E-state index in [-0.39, 0.29) is 23.8 Å². The van der Waals surface area contributed by atoms with E-state index in [2.05, 4.69) is 20.6 Å². The number of nitrogens with zero attached hydrogens (tertiary/aromatic N) is 2. The SMILES string of the molecule is CC(C)Nc1cc(C(F)(F)F)nc(NC(C)C)n1. The lowest BCUT2D eigenvalue weighted by molar-refractivity contribution is -0.141. The van der Waals surface area contributed by atoms with Crippen molar-refractivity contribution in [2.45, 2.75) is 46.0 Å². The molecule has 18 heavy (non-hydrogen) atoms. The minimum absolute atomic E-state index is 0.00659. The standard InChI is InChI=1S/C11H17F3N4/c1-6(2)15-9-5-8(11(12,13)14)17-10(18-9)16-7(3)4/h5-7H,1-4H3,(H2,15,16,17,18). The van der Waals surface area contributed by atoms with Crippen LogP contribution in [-0.2, 0) is 6.18 Å². The van der Waals surface area contributed by atoms with E-state index in [1.165, 1.54) is 0 Å². The van der Waals surface area contributed by atoms with Crippen LogP contribution in [-0.4, -0.2) is 22.1 Å². The summed E-state index contributed by atoms with van der Waals surface area (Å²) in [7, 11) is 0. The Hall–Kier alpha value is -1.53. The molecule has 1 rings (SSSR count). The van der Waals surface area contributed by atoms with Gasteiger partial charge >= 0.3 is 6.18 Å². The Morgan fingerprint density at radius 3 is 2.00 bits per heavy atom.